The maximum Gasteiger partial charge on any atom is 0.347 e. The van der Waals surface area contributed by atoms with Crippen molar-refractivity contribution in [1.29, 1.82) is 5.26 Å². The van der Waals surface area contributed by atoms with Gasteiger partial charge in [-0.1, -0.05) is 29.3 Å². The van der Waals surface area contributed by atoms with Gasteiger partial charge in [0.05, 0.1) is 15.3 Å². The maximum absolute atomic E-state index is 14.1. The molecule has 0 amide bonds. The third-order valence-electron chi connectivity index (χ3n) is 4.78. The first-order valence-corrected chi connectivity index (χ1v) is 15.0. The van der Waals surface area contributed by atoms with Gasteiger partial charge < -0.3 is 30.7 Å². The summed E-state index contributed by atoms with van der Waals surface area (Å²) in [6.07, 6.45) is 0. The van der Waals surface area contributed by atoms with Crippen molar-refractivity contribution in [3.05, 3.63) is 51.3 Å². The quantitative estimate of drug-likeness (QED) is 0.200. The van der Waals surface area contributed by atoms with Gasteiger partial charge >= 0.3 is 7.60 Å². The van der Waals surface area contributed by atoms with Crippen molar-refractivity contribution < 1.29 is 36.6 Å². The Hall–Kier alpha value is -2.02. The Balaban J connectivity index is 2.12. The van der Waals surface area contributed by atoms with Crippen LogP contribution in [0.25, 0.3) is 10.1 Å². The van der Waals surface area contributed by atoms with E-state index in [1.807, 2.05) is 4.72 Å². The molecule has 2 aromatic carbocycles. The van der Waals surface area contributed by atoms with Crippen molar-refractivity contribution in [2.75, 3.05) is 26.3 Å². The number of nitriles is 1. The van der Waals surface area contributed by atoms with Crippen LogP contribution in [-0.4, -0.2) is 44.5 Å². The molecular formula is C20H20Cl2FN4O7PS2. The van der Waals surface area contributed by atoms with Crippen LogP contribution in [0.3, 0.4) is 0 Å². The van der Waals surface area contributed by atoms with Gasteiger partial charge in [0.25, 0.3) is 10.0 Å². The lowest BCUT2D eigenvalue weighted by Gasteiger charge is -2.20. The molecule has 17 heteroatoms. The van der Waals surface area contributed by atoms with Crippen molar-refractivity contribution in [1.82, 2.24) is 4.72 Å². The summed E-state index contributed by atoms with van der Waals surface area (Å²) >= 11 is 13.6. The summed E-state index contributed by atoms with van der Waals surface area (Å²) < 4.78 is 65.5. The topological polar surface area (TPSA) is 198 Å². The fourth-order valence-corrected chi connectivity index (χ4v) is 7.86. The predicted octanol–water partition coefficient (Wildman–Crippen LogP) is 3.05. The Labute approximate surface area is 224 Å². The summed E-state index contributed by atoms with van der Waals surface area (Å²) in [6, 6.07) is 5.40. The van der Waals surface area contributed by atoms with E-state index in [4.69, 9.17) is 49.4 Å². The van der Waals surface area contributed by atoms with Crippen molar-refractivity contribution in [3.63, 3.8) is 0 Å². The molecule has 0 spiro atoms. The number of hydrogen-bond donors (Lipinski definition) is 5. The lowest BCUT2D eigenvalue weighted by Crippen LogP contribution is -2.28. The Morgan fingerprint density at radius 1 is 1.14 bits per heavy atom. The van der Waals surface area contributed by atoms with E-state index < -0.39 is 33.4 Å². The van der Waals surface area contributed by atoms with Crippen LogP contribution in [0.5, 0.6) is 11.5 Å². The molecular weight excluding hydrogens is 593 g/mol. The second-order valence-corrected chi connectivity index (χ2v) is 12.8. The number of nitrogens with one attached hydrogen (secondary N) is 1. The normalized spacial score (nSPS) is 12.9. The van der Waals surface area contributed by atoms with E-state index in [-0.39, 0.29) is 69.1 Å². The Kier molecular flexibility index (Phi) is 9.41. The van der Waals surface area contributed by atoms with E-state index in [1.54, 1.807) is 6.07 Å². The zero-order chi connectivity index (χ0) is 27.5. The Morgan fingerprint density at radius 2 is 1.73 bits per heavy atom. The average Bonchev–Trinajstić information content (AvgIpc) is 3.30. The molecule has 37 heavy (non-hydrogen) atoms. The van der Waals surface area contributed by atoms with Crippen LogP contribution < -0.4 is 25.7 Å². The SMILES string of the molecule is N#Cc1ccc(C(NS(=O)(=O)c2cc3c(Cl)c(OCCN)c(OCCN)c(Cl)c3s2)P(=O)(O)O)cc1F. The molecule has 0 fully saturated rings. The van der Waals surface area contributed by atoms with Crippen LogP contribution in [0.15, 0.2) is 28.5 Å². The number of ether oxygens (including phenoxy) is 2. The predicted molar refractivity (Wildman–Crippen MR) is 137 cm³/mol. The van der Waals surface area contributed by atoms with Crippen molar-refractivity contribution >= 4 is 62.2 Å². The molecule has 0 aliphatic heterocycles. The lowest BCUT2D eigenvalue weighted by atomic mass is 10.1. The van der Waals surface area contributed by atoms with Crippen LogP contribution in [0.4, 0.5) is 4.39 Å². The van der Waals surface area contributed by atoms with Gasteiger partial charge in [-0.2, -0.15) is 9.98 Å². The number of halogens is 3. The minimum Gasteiger partial charge on any atom is -0.487 e. The molecule has 1 atom stereocenters. The van der Waals surface area contributed by atoms with Crippen LogP contribution >= 0.6 is 42.1 Å². The number of fused-ring (bicyclic) bond motifs is 1. The highest BCUT2D eigenvalue weighted by atomic mass is 35.5. The lowest BCUT2D eigenvalue weighted by molar-refractivity contribution is 0.279. The number of sulfonamides is 1. The Morgan fingerprint density at radius 3 is 2.24 bits per heavy atom. The van der Waals surface area contributed by atoms with Crippen LogP contribution in [0, 0.1) is 17.1 Å². The minimum atomic E-state index is -5.20. The molecule has 0 saturated carbocycles. The molecule has 1 unspecified atom stereocenters. The highest BCUT2D eigenvalue weighted by molar-refractivity contribution is 7.92. The fraction of sp³-hybridized carbons (Fsp3) is 0.250. The van der Waals surface area contributed by atoms with E-state index in [2.05, 4.69) is 0 Å². The van der Waals surface area contributed by atoms with Gasteiger partial charge in [0, 0.05) is 18.5 Å². The van der Waals surface area contributed by atoms with Gasteiger partial charge in [0.1, 0.15) is 40.1 Å². The molecule has 0 aliphatic carbocycles. The first kappa shape index (κ1) is 29.5. The molecule has 0 saturated heterocycles. The van der Waals surface area contributed by atoms with Gasteiger partial charge in [-0.3, -0.25) is 4.57 Å². The van der Waals surface area contributed by atoms with Gasteiger partial charge in [-0.25, -0.2) is 12.8 Å². The fourth-order valence-electron chi connectivity index (χ4n) is 3.16. The van der Waals surface area contributed by atoms with E-state index in [9.17, 15) is 27.2 Å². The Bertz CT molecular complexity index is 1470. The van der Waals surface area contributed by atoms with E-state index in [1.165, 1.54) is 0 Å². The number of thiophene rings is 1. The second-order valence-electron chi connectivity index (χ2n) is 7.33. The van der Waals surface area contributed by atoms with Crippen LogP contribution in [0.2, 0.25) is 10.0 Å². The molecule has 200 valence electrons. The maximum atomic E-state index is 14.1. The molecule has 0 aliphatic rings. The molecule has 3 rings (SSSR count). The summed E-state index contributed by atoms with van der Waals surface area (Å²) in [5.74, 6) is -3.18. The first-order valence-electron chi connectivity index (χ1n) is 10.2. The molecule has 1 heterocycles. The van der Waals surface area contributed by atoms with Gasteiger partial charge in [-0.15, -0.1) is 11.3 Å². The van der Waals surface area contributed by atoms with E-state index in [0.717, 1.165) is 18.2 Å². The summed E-state index contributed by atoms with van der Waals surface area (Å²) in [6.45, 7) is 0.359. The summed E-state index contributed by atoms with van der Waals surface area (Å²) in [5, 5.41) is 9.00. The van der Waals surface area contributed by atoms with Crippen molar-refractivity contribution in [2.24, 2.45) is 11.5 Å². The average molecular weight is 613 g/mol. The summed E-state index contributed by atoms with van der Waals surface area (Å²) in [4.78, 5) is 19.7. The van der Waals surface area contributed by atoms with E-state index in [0.29, 0.717) is 17.4 Å². The largest absolute Gasteiger partial charge is 0.487 e. The van der Waals surface area contributed by atoms with Crippen molar-refractivity contribution in [2.45, 2.75) is 9.99 Å². The molecule has 3 aromatic rings. The highest BCUT2D eigenvalue weighted by Gasteiger charge is 2.36. The number of benzene rings is 2. The number of rotatable bonds is 11. The molecule has 0 radical (unpaired) electrons. The third kappa shape index (κ3) is 6.35. The molecule has 11 nitrogen and oxygen atoms in total. The molecule has 1 aromatic heterocycles. The second kappa shape index (κ2) is 11.8. The third-order valence-corrected chi connectivity index (χ3v) is 9.95. The monoisotopic (exact) mass is 612 g/mol. The van der Waals surface area contributed by atoms with Gasteiger partial charge in [0.2, 0.25) is 0 Å². The number of nitrogens with two attached hydrogens (primary N) is 2. The first-order chi connectivity index (χ1) is 17.3. The minimum absolute atomic E-state index is 0.0213. The van der Waals surface area contributed by atoms with Gasteiger partial charge in [0.15, 0.2) is 11.5 Å². The summed E-state index contributed by atoms with van der Waals surface area (Å²) in [5.41, 5.74) is 10.2. The number of nitrogens with zero attached hydrogens (tertiary/aromatic N) is 1. The zero-order valence-corrected chi connectivity index (χ0v) is 22.7. The van der Waals surface area contributed by atoms with E-state index >= 15 is 0 Å². The number of hydrogen-bond acceptors (Lipinski definition) is 9. The zero-order valence-electron chi connectivity index (χ0n) is 18.7. The van der Waals surface area contributed by atoms with Gasteiger partial charge in [-0.05, 0) is 23.8 Å². The van der Waals surface area contributed by atoms with Crippen LogP contribution in [0.1, 0.15) is 16.9 Å². The van der Waals surface area contributed by atoms with Crippen LogP contribution in [-0.2, 0) is 14.6 Å². The smallest absolute Gasteiger partial charge is 0.347 e. The van der Waals surface area contributed by atoms with Crippen molar-refractivity contribution in [3.8, 4) is 17.6 Å². The standard InChI is InChI=1S/C20H20Cl2FN4O7PS2/c21-15-12-8-14(36-19(12)16(22)18(34-6-4-25)17(15)33-5-3-24)37(31,32)27-20(35(28,29)30)10-1-2-11(9-26)13(23)7-10/h1-2,7-8,20,27H,3-6,24-25H2,(H2,28,29,30). The molecule has 7 N–H and O–H groups in total. The highest BCUT2D eigenvalue weighted by Crippen LogP contribution is 2.53. The summed E-state index contributed by atoms with van der Waals surface area (Å²) in [7, 11) is -9.83. The molecule has 0 bridgehead atoms.